The van der Waals surface area contributed by atoms with Crippen molar-refractivity contribution in [2.75, 3.05) is 7.11 Å². The minimum absolute atomic E-state index is 0.0967. The van der Waals surface area contributed by atoms with Gasteiger partial charge in [0.2, 0.25) is 11.7 Å². The second-order valence-electron chi connectivity index (χ2n) is 6.15. The number of rotatable bonds is 7. The molecule has 0 spiro atoms. The summed E-state index contributed by atoms with van der Waals surface area (Å²) in [7, 11) is 1.61. The third-order valence-corrected chi connectivity index (χ3v) is 5.22. The van der Waals surface area contributed by atoms with E-state index in [1.165, 1.54) is 11.8 Å². The predicted octanol–water partition coefficient (Wildman–Crippen LogP) is 3.93. The van der Waals surface area contributed by atoms with E-state index in [1.807, 2.05) is 42.5 Å². The molecule has 0 bridgehead atoms. The first-order chi connectivity index (χ1) is 14.2. The zero-order chi connectivity index (χ0) is 20.2. The van der Waals surface area contributed by atoms with Crippen LogP contribution < -0.4 is 10.3 Å². The van der Waals surface area contributed by atoms with Gasteiger partial charge in [0.25, 0.3) is 5.56 Å². The Balaban J connectivity index is 1.60. The van der Waals surface area contributed by atoms with Crippen molar-refractivity contribution in [3.63, 3.8) is 0 Å². The molecular formula is C21H18N4O3S. The number of hydrogen-bond donors (Lipinski definition) is 0. The Kier molecular flexibility index (Phi) is 5.44. The fourth-order valence-electron chi connectivity index (χ4n) is 2.87. The highest BCUT2D eigenvalue weighted by atomic mass is 32.2. The quantitative estimate of drug-likeness (QED) is 0.261. The number of allylic oxidation sites excluding steroid dienone is 1. The molecule has 2 heterocycles. The molecular weight excluding hydrogens is 388 g/mol. The lowest BCUT2D eigenvalue weighted by Gasteiger charge is -2.10. The van der Waals surface area contributed by atoms with Crippen molar-refractivity contribution in [2.45, 2.75) is 17.5 Å². The van der Waals surface area contributed by atoms with Crippen LogP contribution in [0.4, 0.5) is 0 Å². The monoisotopic (exact) mass is 406 g/mol. The molecule has 0 saturated carbocycles. The van der Waals surface area contributed by atoms with E-state index in [0.29, 0.717) is 40.1 Å². The number of para-hydroxylation sites is 1. The Morgan fingerprint density at radius 1 is 1.21 bits per heavy atom. The lowest BCUT2D eigenvalue weighted by molar-refractivity contribution is 0.391. The van der Waals surface area contributed by atoms with Gasteiger partial charge in [0.15, 0.2) is 5.16 Å². The highest BCUT2D eigenvalue weighted by Crippen LogP contribution is 2.25. The Labute approximate surface area is 171 Å². The minimum Gasteiger partial charge on any atom is -0.497 e. The topological polar surface area (TPSA) is 83.0 Å². The van der Waals surface area contributed by atoms with Gasteiger partial charge in [-0.3, -0.25) is 9.36 Å². The summed E-state index contributed by atoms with van der Waals surface area (Å²) in [5.74, 6) is 2.03. The molecule has 0 fully saturated rings. The van der Waals surface area contributed by atoms with Gasteiger partial charge in [0, 0.05) is 12.1 Å². The molecule has 0 aliphatic carbocycles. The molecule has 0 unspecified atom stereocenters. The molecule has 2 aromatic heterocycles. The van der Waals surface area contributed by atoms with Crippen LogP contribution >= 0.6 is 11.8 Å². The molecule has 4 rings (SSSR count). The molecule has 8 heteroatoms. The van der Waals surface area contributed by atoms with E-state index in [4.69, 9.17) is 9.26 Å². The van der Waals surface area contributed by atoms with E-state index < -0.39 is 0 Å². The van der Waals surface area contributed by atoms with Crippen LogP contribution in [0.1, 0.15) is 5.89 Å². The predicted molar refractivity (Wildman–Crippen MR) is 112 cm³/mol. The number of benzene rings is 2. The molecule has 0 radical (unpaired) electrons. The third kappa shape index (κ3) is 3.93. The van der Waals surface area contributed by atoms with E-state index in [1.54, 1.807) is 23.8 Å². The Morgan fingerprint density at radius 3 is 2.90 bits per heavy atom. The number of methoxy groups -OCH3 is 1. The highest BCUT2D eigenvalue weighted by Gasteiger charge is 2.14. The minimum atomic E-state index is -0.0967. The normalized spacial score (nSPS) is 10.9. The van der Waals surface area contributed by atoms with Crippen molar-refractivity contribution in [1.29, 1.82) is 0 Å². The summed E-state index contributed by atoms with van der Waals surface area (Å²) in [5, 5.41) is 5.20. The fraction of sp³-hybridized carbons (Fsp3) is 0.143. The second kappa shape index (κ2) is 8.32. The largest absolute Gasteiger partial charge is 0.497 e. The van der Waals surface area contributed by atoms with Crippen LogP contribution in [0.25, 0.3) is 22.3 Å². The summed E-state index contributed by atoms with van der Waals surface area (Å²) >= 11 is 1.37. The fourth-order valence-corrected chi connectivity index (χ4v) is 3.71. The van der Waals surface area contributed by atoms with Gasteiger partial charge >= 0.3 is 0 Å². The molecule has 2 aromatic carbocycles. The summed E-state index contributed by atoms with van der Waals surface area (Å²) in [6.07, 6.45) is 1.68. The number of fused-ring (bicyclic) bond motifs is 1. The summed E-state index contributed by atoms with van der Waals surface area (Å²) in [6, 6.07) is 14.7. The first-order valence-electron chi connectivity index (χ1n) is 8.90. The molecule has 0 amide bonds. The van der Waals surface area contributed by atoms with Crippen molar-refractivity contribution in [1.82, 2.24) is 19.7 Å². The lowest BCUT2D eigenvalue weighted by atomic mass is 10.2. The van der Waals surface area contributed by atoms with Gasteiger partial charge in [-0.2, -0.15) is 4.98 Å². The van der Waals surface area contributed by atoms with Crippen molar-refractivity contribution in [3.05, 3.63) is 77.4 Å². The summed E-state index contributed by atoms with van der Waals surface area (Å²) in [4.78, 5) is 21.9. The summed E-state index contributed by atoms with van der Waals surface area (Å²) in [6.45, 7) is 4.11. The van der Waals surface area contributed by atoms with Crippen LogP contribution in [0.15, 0.2) is 75.7 Å². The van der Waals surface area contributed by atoms with Crippen molar-refractivity contribution in [3.8, 4) is 17.1 Å². The van der Waals surface area contributed by atoms with Gasteiger partial charge in [-0.05, 0) is 24.3 Å². The lowest BCUT2D eigenvalue weighted by Crippen LogP contribution is -2.22. The highest BCUT2D eigenvalue weighted by molar-refractivity contribution is 7.98. The first kappa shape index (κ1) is 18.9. The third-order valence-electron chi connectivity index (χ3n) is 4.26. The zero-order valence-corrected chi connectivity index (χ0v) is 16.6. The molecule has 4 aromatic rings. The number of nitrogens with zero attached hydrogens (tertiary/aromatic N) is 4. The van der Waals surface area contributed by atoms with Gasteiger partial charge in [0.1, 0.15) is 5.75 Å². The van der Waals surface area contributed by atoms with Gasteiger partial charge in [0.05, 0.1) is 23.8 Å². The maximum atomic E-state index is 12.8. The van der Waals surface area contributed by atoms with Crippen LogP contribution in [-0.2, 0) is 12.3 Å². The molecule has 0 saturated heterocycles. The average Bonchev–Trinajstić information content (AvgIpc) is 3.24. The summed E-state index contributed by atoms with van der Waals surface area (Å²) in [5.41, 5.74) is 1.36. The van der Waals surface area contributed by atoms with Crippen molar-refractivity contribution < 1.29 is 9.26 Å². The van der Waals surface area contributed by atoms with Crippen LogP contribution in [0.5, 0.6) is 5.75 Å². The maximum Gasteiger partial charge on any atom is 0.262 e. The first-order valence-corrected chi connectivity index (χ1v) is 9.88. The van der Waals surface area contributed by atoms with E-state index in [0.717, 1.165) is 11.3 Å². The Morgan fingerprint density at radius 2 is 2.07 bits per heavy atom. The van der Waals surface area contributed by atoms with E-state index in [2.05, 4.69) is 21.7 Å². The molecule has 0 N–H and O–H groups in total. The molecule has 0 aliphatic rings. The molecule has 0 atom stereocenters. The van der Waals surface area contributed by atoms with Gasteiger partial charge in [-0.25, -0.2) is 4.98 Å². The Bertz CT molecular complexity index is 1230. The van der Waals surface area contributed by atoms with Crippen LogP contribution in [0.3, 0.4) is 0 Å². The van der Waals surface area contributed by atoms with E-state index >= 15 is 0 Å². The number of ether oxygens (including phenoxy) is 1. The SMILES string of the molecule is C=CCn1c(SCc2nc(-c3cccc(OC)c3)no2)nc2ccccc2c1=O. The molecule has 29 heavy (non-hydrogen) atoms. The van der Waals surface area contributed by atoms with E-state index in [-0.39, 0.29) is 5.56 Å². The van der Waals surface area contributed by atoms with Crippen LogP contribution in [0, 0.1) is 0 Å². The Hall–Kier alpha value is -3.39. The standard InChI is InChI=1S/C21H18N4O3S/c1-3-11-25-20(26)16-9-4-5-10-17(16)22-21(25)29-13-18-23-19(24-28-18)14-7-6-8-15(12-14)27-2/h3-10,12H,1,11,13H2,2H3. The van der Waals surface area contributed by atoms with Crippen molar-refractivity contribution in [2.24, 2.45) is 0 Å². The molecule has 146 valence electrons. The molecule has 7 nitrogen and oxygen atoms in total. The smallest absolute Gasteiger partial charge is 0.262 e. The zero-order valence-electron chi connectivity index (χ0n) is 15.7. The number of thioether (sulfide) groups is 1. The van der Waals surface area contributed by atoms with E-state index in [9.17, 15) is 4.79 Å². The van der Waals surface area contributed by atoms with Crippen LogP contribution in [0.2, 0.25) is 0 Å². The van der Waals surface area contributed by atoms with Crippen molar-refractivity contribution >= 4 is 22.7 Å². The van der Waals surface area contributed by atoms with Gasteiger partial charge < -0.3 is 9.26 Å². The summed E-state index contributed by atoms with van der Waals surface area (Å²) < 4.78 is 12.2. The van der Waals surface area contributed by atoms with Gasteiger partial charge in [-0.1, -0.05) is 47.3 Å². The van der Waals surface area contributed by atoms with Gasteiger partial charge in [-0.15, -0.1) is 6.58 Å². The number of hydrogen-bond acceptors (Lipinski definition) is 7. The maximum absolute atomic E-state index is 12.8. The van der Waals surface area contributed by atoms with Crippen LogP contribution in [-0.4, -0.2) is 26.8 Å². The molecule has 0 aliphatic heterocycles. The average molecular weight is 406 g/mol. The second-order valence-corrected chi connectivity index (χ2v) is 7.09. The number of aromatic nitrogens is 4.